The van der Waals surface area contributed by atoms with E-state index in [1.807, 2.05) is 0 Å². The van der Waals surface area contributed by atoms with Crippen LogP contribution in [0.2, 0.25) is 0 Å². The predicted molar refractivity (Wildman–Crippen MR) is 500 cm³/mol. The molecule has 0 saturated carbocycles. The van der Waals surface area contributed by atoms with Gasteiger partial charge in [0, 0.05) is 19.3 Å². The maximum Gasteiger partial charge on any atom is 0.472 e. The highest BCUT2D eigenvalue weighted by molar-refractivity contribution is 7.47. The molecule has 16 nitrogen and oxygen atoms in total. The zero-order valence-electron chi connectivity index (χ0n) is 75.5. The molecule has 0 amide bonds. The Kier molecular flexibility index (Phi) is 88.6. The van der Waals surface area contributed by atoms with Gasteiger partial charge in [-0.25, -0.2) is 9.13 Å². The van der Waals surface area contributed by atoms with Gasteiger partial charge in [-0.1, -0.05) is 391 Å². The minimum Gasteiger partial charge on any atom is -0.463 e. The first-order valence-electron chi connectivity index (χ1n) is 47.8. The number of rotatable bonds is 90. The molecule has 0 spiro atoms. The molecule has 0 aliphatic heterocycles. The van der Waals surface area contributed by atoms with Gasteiger partial charge in [0.2, 0.25) is 0 Å². The number of hydrogen-bond donors (Lipinski definition) is 4. The molecule has 0 bridgehead atoms. The van der Waals surface area contributed by atoms with Crippen molar-refractivity contribution >= 4 is 33.6 Å². The summed E-state index contributed by atoms with van der Waals surface area (Å²) in [5.41, 5.74) is 0. The van der Waals surface area contributed by atoms with E-state index in [4.69, 9.17) is 32.3 Å². The van der Waals surface area contributed by atoms with Crippen LogP contribution in [0.3, 0.4) is 0 Å². The average molecular weight is 1710 g/mol. The van der Waals surface area contributed by atoms with Gasteiger partial charge in [0.05, 0.1) is 26.4 Å². The van der Waals surface area contributed by atoms with Gasteiger partial charge >= 0.3 is 33.6 Å². The molecule has 0 saturated heterocycles. The molecule has 0 rings (SSSR count). The molecule has 0 radical (unpaired) electrons. The molecule has 0 aromatic heterocycles. The van der Waals surface area contributed by atoms with Crippen molar-refractivity contribution in [2.45, 2.75) is 424 Å². The van der Waals surface area contributed by atoms with E-state index in [-0.39, 0.29) is 19.3 Å². The van der Waals surface area contributed by atoms with E-state index >= 15 is 0 Å². The van der Waals surface area contributed by atoms with Crippen molar-refractivity contribution in [1.82, 2.24) is 0 Å². The summed E-state index contributed by atoms with van der Waals surface area (Å²) >= 11 is 0. The first kappa shape index (κ1) is 114. The van der Waals surface area contributed by atoms with Crippen LogP contribution < -0.4 is 0 Å². The van der Waals surface area contributed by atoms with Crippen molar-refractivity contribution < 1.29 is 75.8 Å². The highest BCUT2D eigenvalue weighted by atomic mass is 31.2. The van der Waals surface area contributed by atoms with Crippen molar-refractivity contribution in [3.8, 4) is 0 Å². The molecule has 5 atom stereocenters. The van der Waals surface area contributed by atoms with Crippen LogP contribution in [0.15, 0.2) is 158 Å². The van der Waals surface area contributed by atoms with E-state index in [9.17, 15) is 43.5 Å². The van der Waals surface area contributed by atoms with E-state index in [0.717, 1.165) is 167 Å². The van der Waals surface area contributed by atoms with Gasteiger partial charge < -0.3 is 34.2 Å². The van der Waals surface area contributed by atoms with Crippen molar-refractivity contribution in [1.29, 1.82) is 0 Å². The average Bonchev–Trinajstić information content (AvgIpc) is 0.902. The highest BCUT2D eigenvalue weighted by Gasteiger charge is 2.30. The van der Waals surface area contributed by atoms with Gasteiger partial charge in [0.1, 0.15) is 25.4 Å². The third-order valence-corrected chi connectivity index (χ3v) is 22.1. The minimum atomic E-state index is -4.95. The lowest BCUT2D eigenvalue weighted by Gasteiger charge is -2.21. The number of phosphoric acid groups is 2. The van der Waals surface area contributed by atoms with E-state index in [0.29, 0.717) is 19.3 Å². The molecular weight excluding hydrogens is 1530 g/mol. The third-order valence-electron chi connectivity index (χ3n) is 20.2. The van der Waals surface area contributed by atoms with Crippen LogP contribution in [0.5, 0.6) is 0 Å². The van der Waals surface area contributed by atoms with Crippen molar-refractivity contribution in [3.63, 3.8) is 0 Å². The van der Waals surface area contributed by atoms with Crippen LogP contribution in [-0.2, 0) is 55.8 Å². The second-order valence-electron chi connectivity index (χ2n) is 31.8. The van der Waals surface area contributed by atoms with E-state index in [1.54, 1.807) is 0 Å². The number of phosphoric ester groups is 2. The monoisotopic (exact) mass is 1710 g/mol. The third kappa shape index (κ3) is 93.7. The Hall–Kier alpha value is -4.83. The van der Waals surface area contributed by atoms with Gasteiger partial charge in [-0.3, -0.25) is 32.5 Å². The molecule has 119 heavy (non-hydrogen) atoms. The summed E-state index contributed by atoms with van der Waals surface area (Å²) in [4.78, 5) is 59.1. The van der Waals surface area contributed by atoms with E-state index < -0.39 is 91.5 Å². The van der Waals surface area contributed by atoms with Crippen LogP contribution in [0, 0.1) is 0 Å². The summed E-state index contributed by atoms with van der Waals surface area (Å²) < 4.78 is 61.6. The largest absolute Gasteiger partial charge is 0.472 e. The number of hydrogen-bond acceptors (Lipinski definition) is 14. The van der Waals surface area contributed by atoms with Crippen molar-refractivity contribution in [3.05, 3.63) is 158 Å². The first-order chi connectivity index (χ1) is 58.2. The van der Waals surface area contributed by atoms with E-state index in [2.05, 4.69) is 179 Å². The number of unbranched alkanes of at least 4 members (excludes halogenated alkanes) is 41. The van der Waals surface area contributed by atoms with Crippen LogP contribution in [0.1, 0.15) is 406 Å². The normalized spacial score (nSPS) is 14.4. The number of ether oxygens (including phenoxy) is 3. The SMILES string of the molecule is CC/C=C\C/C=C\C/C=C\C/C=C\C/C=C\CCCCCCCCCC(=O)OC(COC(=O)CCCCCCCCCCCCCCC/C=C\C/C=C\C/C=C\C/C=C\CCCCC)COP(=O)(O)OCC(O)COP(=O)(O)OCC(O)COC(=O)CCCCCCCCCCCCCCCCC/C=C\C/C=C\C/C=C\C/C=C\CCCCC. The predicted octanol–water partition coefficient (Wildman–Crippen LogP) is 29.7. The maximum absolute atomic E-state index is 13.1. The lowest BCUT2D eigenvalue weighted by Crippen LogP contribution is -2.30. The topological polar surface area (TPSA) is 231 Å². The fourth-order valence-corrected chi connectivity index (χ4v) is 14.6. The van der Waals surface area contributed by atoms with Crippen molar-refractivity contribution in [2.24, 2.45) is 0 Å². The van der Waals surface area contributed by atoms with E-state index in [1.165, 1.54) is 180 Å². The molecule has 4 N–H and O–H groups in total. The van der Waals surface area contributed by atoms with Gasteiger partial charge in [0.15, 0.2) is 6.10 Å². The Morgan fingerprint density at radius 1 is 0.244 bits per heavy atom. The summed E-state index contributed by atoms with van der Waals surface area (Å²) in [6, 6.07) is 0. The van der Waals surface area contributed by atoms with Crippen molar-refractivity contribution in [2.75, 3.05) is 39.6 Å². The minimum absolute atomic E-state index is 0.0879. The summed E-state index contributed by atoms with van der Waals surface area (Å²) in [6.07, 6.45) is 119. The number of aliphatic hydroxyl groups is 2. The fourth-order valence-electron chi connectivity index (χ4n) is 13.0. The summed E-state index contributed by atoms with van der Waals surface area (Å²) in [5.74, 6) is -1.58. The van der Waals surface area contributed by atoms with Gasteiger partial charge in [-0.2, -0.15) is 0 Å². The number of allylic oxidation sites excluding steroid dienone is 26. The lowest BCUT2D eigenvalue weighted by atomic mass is 10.0. The standard InChI is InChI=1S/C101H174O16P2/c1-4-7-10-13-16-19-22-25-28-31-34-37-40-42-44-46-47-49-51-52-55-57-60-63-66-69-72-75-78-81-84-87-99(104)111-90-96(102)91-113-118(107,108)114-92-97(103)93-115-119(109,110)116-95-98(117-101(106)89-86-83-80-77-74-71-68-65-62-59-54-39-36-33-30-27-24-21-18-15-12-9-6-3)94-112-100(105)88-85-82-79-76-73-70-67-64-61-58-56-53-50-48-45-43-41-38-35-32-29-26-23-20-17-14-11-8-5-2/h9,12,16-21,25-30,34-39,42-45,59,62,96-98,102-103H,4-8,10-11,13-15,22-24,31-33,40-41,46-58,60-61,63-95H2,1-3H3,(H,107,108)(H,109,110)/b12-9-,19-16-,20-17-,21-18-,28-25-,29-26-,30-27-,37-34-,38-35-,39-36-,44-42-,45-43-,62-59-. The molecule has 0 fully saturated rings. The second kappa shape index (κ2) is 92.4. The Labute approximate surface area is 727 Å². The summed E-state index contributed by atoms with van der Waals surface area (Å²) in [6.45, 7) is 2.55. The van der Waals surface area contributed by atoms with Crippen LogP contribution in [0.25, 0.3) is 0 Å². The molecule has 5 unspecified atom stereocenters. The Bertz CT molecular complexity index is 2790. The number of carbonyl (C=O) groups is 3. The molecule has 0 aliphatic carbocycles. The second-order valence-corrected chi connectivity index (χ2v) is 34.7. The molecule has 0 aliphatic rings. The molecule has 0 aromatic carbocycles. The Balaban J connectivity index is 4.61. The van der Waals surface area contributed by atoms with Gasteiger partial charge in [0.25, 0.3) is 0 Å². The molecular formula is C101H174O16P2. The molecule has 18 heteroatoms. The summed E-state index contributed by atoms with van der Waals surface area (Å²) in [7, 11) is -9.82. The number of aliphatic hydroxyl groups excluding tert-OH is 2. The lowest BCUT2D eigenvalue weighted by molar-refractivity contribution is -0.161. The first-order valence-corrected chi connectivity index (χ1v) is 50.8. The quantitative estimate of drug-likeness (QED) is 0.0146. The Morgan fingerprint density at radius 2 is 0.445 bits per heavy atom. The molecule has 0 heterocycles. The zero-order chi connectivity index (χ0) is 86.5. The van der Waals surface area contributed by atoms with Crippen LogP contribution in [0.4, 0.5) is 0 Å². The Morgan fingerprint density at radius 3 is 0.706 bits per heavy atom. The molecule has 0 aromatic rings. The smallest absolute Gasteiger partial charge is 0.463 e. The van der Waals surface area contributed by atoms with Gasteiger partial charge in [-0.05, 0) is 154 Å². The highest BCUT2D eigenvalue weighted by Crippen LogP contribution is 2.45. The fraction of sp³-hybridized carbons (Fsp3) is 0.713. The van der Waals surface area contributed by atoms with Crippen LogP contribution >= 0.6 is 15.6 Å². The zero-order valence-corrected chi connectivity index (χ0v) is 77.3. The van der Waals surface area contributed by atoms with Crippen LogP contribution in [-0.4, -0.2) is 95.9 Å². The summed E-state index contributed by atoms with van der Waals surface area (Å²) in [5, 5.41) is 20.8. The maximum atomic E-state index is 13.1. The number of carbonyl (C=O) groups excluding carboxylic acids is 3. The molecule has 684 valence electrons. The number of esters is 3. The van der Waals surface area contributed by atoms with Gasteiger partial charge in [-0.15, -0.1) is 0 Å².